The van der Waals surface area contributed by atoms with Gasteiger partial charge in [0.1, 0.15) is 0 Å². The summed E-state index contributed by atoms with van der Waals surface area (Å²) in [7, 11) is 0. The van der Waals surface area contributed by atoms with E-state index in [1.165, 1.54) is 0 Å². The van der Waals surface area contributed by atoms with Crippen LogP contribution in [0.15, 0.2) is 30.5 Å². The molecule has 1 amide bonds. The van der Waals surface area contributed by atoms with Gasteiger partial charge in [0.2, 0.25) is 5.91 Å². The minimum Gasteiger partial charge on any atom is -0.481 e. The van der Waals surface area contributed by atoms with Crippen molar-refractivity contribution in [1.29, 1.82) is 0 Å². The van der Waals surface area contributed by atoms with Crippen LogP contribution < -0.4 is 0 Å². The van der Waals surface area contributed by atoms with Gasteiger partial charge in [0.25, 0.3) is 0 Å². The first kappa shape index (κ1) is 15.6. The lowest BCUT2D eigenvalue weighted by molar-refractivity contribution is -0.142. The molecule has 3 rings (SSSR count). The molecular weight excluding hydrogens is 292 g/mol. The molecule has 1 aromatic carbocycles. The Bertz CT molecular complexity index is 750. The highest BCUT2D eigenvalue weighted by atomic mass is 16.4. The van der Waals surface area contributed by atoms with Crippen LogP contribution in [0.1, 0.15) is 19.4 Å². The Morgan fingerprint density at radius 2 is 2.00 bits per heavy atom. The van der Waals surface area contributed by atoms with Gasteiger partial charge in [-0.1, -0.05) is 25.1 Å². The average Bonchev–Trinajstić information content (AvgIpc) is 3.09. The predicted molar refractivity (Wildman–Crippen MR) is 88.2 cm³/mol. The van der Waals surface area contributed by atoms with E-state index in [1.807, 2.05) is 31.3 Å². The highest BCUT2D eigenvalue weighted by molar-refractivity contribution is 5.89. The molecule has 2 heterocycles. The van der Waals surface area contributed by atoms with E-state index in [0.717, 1.165) is 23.0 Å². The van der Waals surface area contributed by atoms with Crippen molar-refractivity contribution in [2.45, 2.75) is 26.8 Å². The van der Waals surface area contributed by atoms with Crippen molar-refractivity contribution in [2.24, 2.45) is 11.8 Å². The number of hydrogen-bond acceptors (Lipinski definition) is 2. The van der Waals surface area contributed by atoms with Crippen LogP contribution in [0.2, 0.25) is 0 Å². The molecule has 0 radical (unpaired) electrons. The van der Waals surface area contributed by atoms with Crippen molar-refractivity contribution in [2.75, 3.05) is 13.1 Å². The third-order valence-electron chi connectivity index (χ3n) is 4.84. The lowest BCUT2D eigenvalue weighted by Gasteiger charge is -2.15. The number of aliphatic carboxylic acids is 1. The quantitative estimate of drug-likeness (QED) is 0.942. The van der Waals surface area contributed by atoms with Gasteiger partial charge >= 0.3 is 5.97 Å². The molecule has 0 saturated carbocycles. The normalized spacial score (nSPS) is 21.0. The molecule has 1 saturated heterocycles. The van der Waals surface area contributed by atoms with Crippen molar-refractivity contribution in [3.8, 4) is 0 Å². The molecule has 5 heteroatoms. The summed E-state index contributed by atoms with van der Waals surface area (Å²) in [6, 6.07) is 8.08. The number of para-hydroxylation sites is 1. The molecule has 0 aliphatic carbocycles. The molecule has 0 bridgehead atoms. The van der Waals surface area contributed by atoms with Gasteiger partial charge in [-0.05, 0) is 24.5 Å². The molecule has 1 aromatic heterocycles. The third kappa shape index (κ3) is 2.83. The lowest BCUT2D eigenvalue weighted by Crippen LogP contribution is -2.31. The first-order valence-electron chi connectivity index (χ1n) is 8.08. The van der Waals surface area contributed by atoms with Gasteiger partial charge in [-0.25, -0.2) is 0 Å². The van der Waals surface area contributed by atoms with Crippen LogP contribution in [0.5, 0.6) is 0 Å². The first-order valence-corrected chi connectivity index (χ1v) is 8.08. The average molecular weight is 314 g/mol. The number of nitrogens with zero attached hydrogens (tertiary/aromatic N) is 2. The van der Waals surface area contributed by atoms with Crippen molar-refractivity contribution in [3.05, 3.63) is 36.0 Å². The second-order valence-electron chi connectivity index (χ2n) is 6.36. The maximum absolute atomic E-state index is 12.6. The van der Waals surface area contributed by atoms with E-state index in [4.69, 9.17) is 0 Å². The molecule has 1 N–H and O–H groups in total. The fourth-order valence-electron chi connectivity index (χ4n) is 3.49. The maximum Gasteiger partial charge on any atom is 0.308 e. The zero-order valence-electron chi connectivity index (χ0n) is 13.5. The van der Waals surface area contributed by atoms with Gasteiger partial charge in [-0.2, -0.15) is 0 Å². The van der Waals surface area contributed by atoms with E-state index in [0.29, 0.717) is 19.5 Å². The molecule has 0 spiro atoms. The highest BCUT2D eigenvalue weighted by Gasteiger charge is 2.36. The summed E-state index contributed by atoms with van der Waals surface area (Å²) in [5, 5.41) is 10.3. The number of rotatable bonds is 4. The smallest absolute Gasteiger partial charge is 0.308 e. The van der Waals surface area contributed by atoms with Gasteiger partial charge in [0.15, 0.2) is 0 Å². The molecule has 2 aromatic rings. The summed E-state index contributed by atoms with van der Waals surface area (Å²) in [6.07, 6.45) is 2.36. The van der Waals surface area contributed by atoms with Crippen LogP contribution >= 0.6 is 0 Å². The number of carboxylic acid groups (broad SMARTS) is 1. The number of amides is 1. The molecular formula is C18H22N2O3. The highest BCUT2D eigenvalue weighted by Crippen LogP contribution is 2.26. The Morgan fingerprint density at radius 1 is 1.26 bits per heavy atom. The minimum absolute atomic E-state index is 0.00781. The molecule has 1 aliphatic heterocycles. The molecule has 1 fully saturated rings. The number of fused-ring (bicyclic) bond motifs is 1. The maximum atomic E-state index is 12.6. The fraction of sp³-hybridized carbons (Fsp3) is 0.444. The Hall–Kier alpha value is -2.30. The van der Waals surface area contributed by atoms with Gasteiger partial charge in [-0.15, -0.1) is 0 Å². The molecule has 122 valence electrons. The van der Waals surface area contributed by atoms with Crippen LogP contribution in [0, 0.1) is 11.8 Å². The van der Waals surface area contributed by atoms with E-state index in [-0.39, 0.29) is 11.8 Å². The Morgan fingerprint density at radius 3 is 2.65 bits per heavy atom. The third-order valence-corrected chi connectivity index (χ3v) is 4.84. The van der Waals surface area contributed by atoms with Gasteiger partial charge in [0.05, 0.1) is 12.3 Å². The minimum atomic E-state index is -0.810. The molecule has 0 unspecified atom stereocenters. The Balaban J connectivity index is 1.80. The second kappa shape index (κ2) is 6.07. The van der Waals surface area contributed by atoms with Crippen LogP contribution in [0.25, 0.3) is 10.9 Å². The van der Waals surface area contributed by atoms with Gasteiger partial charge in [0, 0.05) is 36.7 Å². The van der Waals surface area contributed by atoms with E-state index < -0.39 is 11.9 Å². The number of carboxylic acids is 1. The van der Waals surface area contributed by atoms with E-state index in [9.17, 15) is 14.7 Å². The van der Waals surface area contributed by atoms with E-state index in [1.54, 1.807) is 4.90 Å². The predicted octanol–water partition coefficient (Wildman–Crippen LogP) is 2.38. The van der Waals surface area contributed by atoms with Crippen molar-refractivity contribution >= 4 is 22.8 Å². The number of aryl methyl sites for hydroxylation is 1. The van der Waals surface area contributed by atoms with Gasteiger partial charge < -0.3 is 14.6 Å². The Kier molecular flexibility index (Phi) is 4.11. The first-order chi connectivity index (χ1) is 11.0. The largest absolute Gasteiger partial charge is 0.481 e. The van der Waals surface area contributed by atoms with Crippen LogP contribution in [0.4, 0.5) is 0 Å². The van der Waals surface area contributed by atoms with Crippen molar-refractivity contribution in [1.82, 2.24) is 9.47 Å². The standard InChI is InChI=1S/C18H22N2O3/c1-3-19-10-13(14-6-4-5-7-16(14)19)8-17(21)20-9-12(2)15(11-20)18(22)23/h4-7,10,12,15H,3,8-9,11H2,1-2H3,(H,22,23)/t12-,15-/m1/s1. The summed E-state index contributed by atoms with van der Waals surface area (Å²) >= 11 is 0. The number of carbonyl (C=O) groups excluding carboxylic acids is 1. The van der Waals surface area contributed by atoms with Crippen molar-refractivity contribution < 1.29 is 14.7 Å². The number of hydrogen-bond donors (Lipinski definition) is 1. The van der Waals surface area contributed by atoms with Gasteiger partial charge in [-0.3, -0.25) is 9.59 Å². The monoisotopic (exact) mass is 314 g/mol. The van der Waals surface area contributed by atoms with E-state index in [2.05, 4.69) is 17.6 Å². The lowest BCUT2D eigenvalue weighted by atomic mass is 9.99. The summed E-state index contributed by atoms with van der Waals surface area (Å²) in [6.45, 7) is 5.69. The number of aromatic nitrogens is 1. The SMILES string of the molecule is CCn1cc(CC(=O)N2C[C@@H](C)[C@H](C(=O)O)C2)c2ccccc21. The number of likely N-dealkylation sites (tertiary alicyclic amines) is 1. The summed E-state index contributed by atoms with van der Waals surface area (Å²) in [5.41, 5.74) is 2.15. The molecule has 23 heavy (non-hydrogen) atoms. The molecule has 2 atom stereocenters. The van der Waals surface area contributed by atoms with Crippen LogP contribution in [-0.4, -0.2) is 39.5 Å². The summed E-state index contributed by atoms with van der Waals surface area (Å²) < 4.78 is 2.14. The fourth-order valence-corrected chi connectivity index (χ4v) is 3.49. The zero-order valence-corrected chi connectivity index (χ0v) is 13.5. The zero-order chi connectivity index (χ0) is 16.6. The topological polar surface area (TPSA) is 62.5 Å². The van der Waals surface area contributed by atoms with E-state index >= 15 is 0 Å². The van der Waals surface area contributed by atoms with Crippen LogP contribution in [0.3, 0.4) is 0 Å². The number of benzene rings is 1. The second-order valence-corrected chi connectivity index (χ2v) is 6.36. The molecule has 1 aliphatic rings. The molecule has 5 nitrogen and oxygen atoms in total. The summed E-state index contributed by atoms with van der Waals surface area (Å²) in [4.78, 5) is 25.5. The van der Waals surface area contributed by atoms with Crippen molar-refractivity contribution in [3.63, 3.8) is 0 Å². The number of carbonyl (C=O) groups is 2. The summed E-state index contributed by atoms with van der Waals surface area (Å²) in [5.74, 6) is -1.24. The Labute approximate surface area is 135 Å². The van der Waals surface area contributed by atoms with Crippen LogP contribution in [-0.2, 0) is 22.6 Å².